The molecule has 0 N–H and O–H groups in total. The van der Waals surface area contributed by atoms with Crippen LogP contribution in [0, 0.1) is 0 Å². The van der Waals surface area contributed by atoms with E-state index in [9.17, 15) is 8.42 Å². The Balaban J connectivity index is 1.47. The van der Waals surface area contributed by atoms with E-state index in [0.29, 0.717) is 34.7 Å². The summed E-state index contributed by atoms with van der Waals surface area (Å²) in [5.74, 6) is 0.761. The quantitative estimate of drug-likeness (QED) is 0.636. The first-order valence-corrected chi connectivity index (χ1v) is 10.1. The summed E-state index contributed by atoms with van der Waals surface area (Å²) in [6.45, 7) is 0.670. The van der Waals surface area contributed by atoms with Gasteiger partial charge in [-0.1, -0.05) is 11.2 Å². The first-order chi connectivity index (χ1) is 11.5. The van der Waals surface area contributed by atoms with Gasteiger partial charge < -0.3 is 4.52 Å². The molecule has 0 amide bonds. The van der Waals surface area contributed by atoms with Gasteiger partial charge in [-0.3, -0.25) is 4.98 Å². The monoisotopic (exact) mass is 426 g/mol. The maximum absolute atomic E-state index is 12.5. The van der Waals surface area contributed by atoms with Crippen molar-refractivity contribution in [3.63, 3.8) is 0 Å². The Labute approximate surface area is 150 Å². The number of hydrogen-bond donors (Lipinski definition) is 0. The Bertz CT molecular complexity index is 965. The van der Waals surface area contributed by atoms with Gasteiger partial charge >= 0.3 is 0 Å². The van der Waals surface area contributed by atoms with Crippen molar-refractivity contribution in [2.75, 3.05) is 13.1 Å². The van der Waals surface area contributed by atoms with Gasteiger partial charge in [-0.2, -0.15) is 9.29 Å². The molecule has 1 aliphatic heterocycles. The molecule has 0 radical (unpaired) electrons. The number of sulfonamides is 1. The van der Waals surface area contributed by atoms with Crippen molar-refractivity contribution in [2.24, 2.45) is 0 Å². The molecule has 0 unspecified atom stereocenters. The second kappa shape index (κ2) is 6.03. The van der Waals surface area contributed by atoms with Gasteiger partial charge in [0, 0.05) is 19.3 Å². The van der Waals surface area contributed by atoms with Crippen LogP contribution >= 0.6 is 27.3 Å². The van der Waals surface area contributed by atoms with Crippen molar-refractivity contribution in [1.82, 2.24) is 19.4 Å². The highest BCUT2D eigenvalue weighted by molar-refractivity contribution is 9.11. The lowest BCUT2D eigenvalue weighted by molar-refractivity contribution is 0.217. The zero-order chi connectivity index (χ0) is 16.7. The molecule has 0 spiro atoms. The third kappa shape index (κ3) is 2.79. The highest BCUT2D eigenvalue weighted by Gasteiger charge is 2.41. The number of rotatable bonds is 4. The van der Waals surface area contributed by atoms with Crippen molar-refractivity contribution in [3.05, 3.63) is 46.2 Å². The molecule has 7 nitrogen and oxygen atoms in total. The number of hydrogen-bond acceptors (Lipinski definition) is 7. The molecule has 0 saturated carbocycles. The topological polar surface area (TPSA) is 89.2 Å². The van der Waals surface area contributed by atoms with Crippen LogP contribution in [-0.4, -0.2) is 40.9 Å². The molecule has 1 aliphatic rings. The van der Waals surface area contributed by atoms with Gasteiger partial charge in [0.25, 0.3) is 10.0 Å². The van der Waals surface area contributed by atoms with E-state index in [-0.39, 0.29) is 5.92 Å². The molecule has 3 aromatic rings. The second-order valence-electron chi connectivity index (χ2n) is 5.25. The summed E-state index contributed by atoms with van der Waals surface area (Å²) in [5, 5.41) is 3.92. The normalized spacial score (nSPS) is 16.2. The summed E-state index contributed by atoms with van der Waals surface area (Å²) in [6, 6.07) is 8.77. The Morgan fingerprint density at radius 2 is 2.08 bits per heavy atom. The molecule has 0 atom stereocenters. The number of nitrogens with zero attached hydrogens (tertiary/aromatic N) is 4. The lowest BCUT2D eigenvalue weighted by Crippen LogP contribution is -2.48. The molecule has 3 aromatic heterocycles. The lowest BCUT2D eigenvalue weighted by atomic mass is 10.0. The standard InChI is InChI=1S/C14H11BrN4O3S2/c15-11-4-5-12(23-11)24(20,21)19-7-9(8-19)14-17-13(18-22-14)10-3-1-2-6-16-10/h1-6,9H,7-8H2. The molecule has 4 heterocycles. The van der Waals surface area contributed by atoms with Gasteiger partial charge in [-0.15, -0.1) is 11.3 Å². The zero-order valence-electron chi connectivity index (χ0n) is 12.2. The predicted octanol–water partition coefficient (Wildman–Crippen LogP) is 2.74. The van der Waals surface area contributed by atoms with E-state index in [2.05, 4.69) is 31.1 Å². The third-order valence-electron chi connectivity index (χ3n) is 3.68. The molecular weight excluding hydrogens is 416 g/mol. The number of aromatic nitrogens is 3. The first kappa shape index (κ1) is 15.9. The minimum absolute atomic E-state index is 0.0897. The van der Waals surface area contributed by atoms with E-state index in [0.717, 1.165) is 3.79 Å². The summed E-state index contributed by atoms with van der Waals surface area (Å²) >= 11 is 4.48. The van der Waals surface area contributed by atoms with E-state index >= 15 is 0 Å². The van der Waals surface area contributed by atoms with Crippen LogP contribution in [0.2, 0.25) is 0 Å². The maximum atomic E-state index is 12.5. The average Bonchev–Trinajstić information content (AvgIpc) is 3.16. The highest BCUT2D eigenvalue weighted by atomic mass is 79.9. The molecule has 1 fully saturated rings. The summed E-state index contributed by atoms with van der Waals surface area (Å²) in [7, 11) is -3.45. The fourth-order valence-corrected chi connectivity index (χ4v) is 6.05. The minimum atomic E-state index is -3.45. The lowest BCUT2D eigenvalue weighted by Gasteiger charge is -2.35. The van der Waals surface area contributed by atoms with Gasteiger partial charge in [0.05, 0.1) is 9.70 Å². The van der Waals surface area contributed by atoms with Crippen LogP contribution in [0.5, 0.6) is 0 Å². The first-order valence-electron chi connectivity index (χ1n) is 7.04. The molecule has 0 aromatic carbocycles. The molecule has 24 heavy (non-hydrogen) atoms. The van der Waals surface area contributed by atoms with Crippen LogP contribution in [0.4, 0.5) is 0 Å². The fourth-order valence-electron chi connectivity index (χ4n) is 2.35. The van der Waals surface area contributed by atoms with E-state index in [1.165, 1.54) is 15.6 Å². The van der Waals surface area contributed by atoms with Crippen molar-refractivity contribution >= 4 is 37.3 Å². The molecule has 0 bridgehead atoms. The molecule has 4 rings (SSSR count). The SMILES string of the molecule is O=S(=O)(c1ccc(Br)s1)N1CC(c2nc(-c3ccccn3)no2)C1. The Morgan fingerprint density at radius 1 is 1.25 bits per heavy atom. The molecule has 0 aliphatic carbocycles. The van der Waals surface area contributed by atoms with Crippen LogP contribution in [0.1, 0.15) is 11.8 Å². The fraction of sp³-hybridized carbons (Fsp3) is 0.214. The largest absolute Gasteiger partial charge is 0.339 e. The number of thiophene rings is 1. The molecule has 124 valence electrons. The van der Waals surface area contributed by atoms with E-state index < -0.39 is 10.0 Å². The van der Waals surface area contributed by atoms with E-state index in [1.54, 1.807) is 24.4 Å². The maximum Gasteiger partial charge on any atom is 0.252 e. The summed E-state index contributed by atoms with van der Waals surface area (Å²) in [5.41, 5.74) is 0.625. The third-order valence-corrected chi connectivity index (χ3v) is 7.60. The van der Waals surface area contributed by atoms with Crippen molar-refractivity contribution in [1.29, 1.82) is 0 Å². The Kier molecular flexibility index (Phi) is 3.99. The van der Waals surface area contributed by atoms with Crippen molar-refractivity contribution in [2.45, 2.75) is 10.1 Å². The van der Waals surface area contributed by atoms with Gasteiger partial charge in [0.1, 0.15) is 9.90 Å². The predicted molar refractivity (Wildman–Crippen MR) is 91.0 cm³/mol. The van der Waals surface area contributed by atoms with Crippen molar-refractivity contribution < 1.29 is 12.9 Å². The number of halogens is 1. The van der Waals surface area contributed by atoms with E-state index in [4.69, 9.17) is 4.52 Å². The Morgan fingerprint density at radius 3 is 2.75 bits per heavy atom. The summed E-state index contributed by atoms with van der Waals surface area (Å²) < 4.78 is 32.7. The smallest absolute Gasteiger partial charge is 0.252 e. The van der Waals surface area contributed by atoms with E-state index in [1.807, 2.05) is 12.1 Å². The van der Waals surface area contributed by atoms with Gasteiger partial charge in [0.2, 0.25) is 11.7 Å². The van der Waals surface area contributed by atoms with Crippen molar-refractivity contribution in [3.8, 4) is 11.5 Å². The van der Waals surface area contributed by atoms with Crippen LogP contribution < -0.4 is 0 Å². The average molecular weight is 427 g/mol. The minimum Gasteiger partial charge on any atom is -0.339 e. The Hall–Kier alpha value is -1.62. The summed E-state index contributed by atoms with van der Waals surface area (Å²) in [4.78, 5) is 8.50. The van der Waals surface area contributed by atoms with Gasteiger partial charge in [0.15, 0.2) is 0 Å². The van der Waals surface area contributed by atoms with Crippen LogP contribution in [-0.2, 0) is 10.0 Å². The number of pyridine rings is 1. The molecule has 10 heteroatoms. The second-order valence-corrected chi connectivity index (χ2v) is 9.88. The zero-order valence-corrected chi connectivity index (χ0v) is 15.4. The summed E-state index contributed by atoms with van der Waals surface area (Å²) in [6.07, 6.45) is 1.65. The highest BCUT2D eigenvalue weighted by Crippen LogP contribution is 2.35. The van der Waals surface area contributed by atoms with Gasteiger partial charge in [-0.05, 0) is 40.2 Å². The molecular formula is C14H11BrN4O3S2. The van der Waals surface area contributed by atoms with Gasteiger partial charge in [-0.25, -0.2) is 8.42 Å². The van der Waals surface area contributed by atoms with Crippen LogP contribution in [0.15, 0.2) is 49.0 Å². The molecule has 1 saturated heterocycles. The van der Waals surface area contributed by atoms with Crippen LogP contribution in [0.3, 0.4) is 0 Å². The van der Waals surface area contributed by atoms with Crippen LogP contribution in [0.25, 0.3) is 11.5 Å².